The van der Waals surface area contributed by atoms with Gasteiger partial charge in [0.15, 0.2) is 17.6 Å². The van der Waals surface area contributed by atoms with E-state index in [1.807, 2.05) is 31.2 Å². The molecule has 3 heterocycles. The van der Waals surface area contributed by atoms with Crippen LogP contribution in [0.2, 0.25) is 0 Å². The third-order valence-electron chi connectivity index (χ3n) is 3.70. The maximum absolute atomic E-state index is 12.1. The summed E-state index contributed by atoms with van der Waals surface area (Å²) in [5.74, 6) is 1.25. The number of benzene rings is 1. The highest BCUT2D eigenvalue weighted by Crippen LogP contribution is 2.31. The number of carbonyl (C=O) groups is 1. The topological polar surface area (TPSA) is 78.3 Å². The van der Waals surface area contributed by atoms with Crippen molar-refractivity contribution in [2.24, 2.45) is 0 Å². The first-order valence-corrected chi connectivity index (χ1v) is 8.70. The Labute approximate surface area is 148 Å². The summed E-state index contributed by atoms with van der Waals surface area (Å²) in [4.78, 5) is 16.3. The second-order valence-electron chi connectivity index (χ2n) is 5.65. The third-order valence-corrected chi connectivity index (χ3v) is 4.47. The Kier molecular flexibility index (Phi) is 4.10. The van der Waals surface area contributed by atoms with Crippen molar-refractivity contribution in [2.75, 3.05) is 11.9 Å². The average Bonchev–Trinajstić information content (AvgIpc) is 3.24. The van der Waals surface area contributed by atoms with Gasteiger partial charge in [0.2, 0.25) is 0 Å². The van der Waals surface area contributed by atoms with Crippen molar-refractivity contribution in [3.63, 3.8) is 0 Å². The number of thiazole rings is 1. The Bertz CT molecular complexity index is 905. The Morgan fingerprint density at radius 1 is 1.40 bits per heavy atom. The molecule has 2 aromatic heterocycles. The van der Waals surface area contributed by atoms with Crippen molar-refractivity contribution >= 4 is 22.9 Å². The number of aryl methyl sites for hydroxylation is 1. The first-order chi connectivity index (χ1) is 12.2. The van der Waals surface area contributed by atoms with Crippen molar-refractivity contribution in [3.05, 3.63) is 52.7 Å². The number of para-hydroxylation sites is 2. The molecule has 0 fully saturated rings. The van der Waals surface area contributed by atoms with Gasteiger partial charge >= 0.3 is 0 Å². The molecule has 1 atom stereocenters. The molecule has 4 rings (SSSR count). The first-order valence-electron chi connectivity index (χ1n) is 7.82. The molecule has 1 aliphatic rings. The smallest absolute Gasteiger partial charge is 0.275 e. The van der Waals surface area contributed by atoms with Gasteiger partial charge in [0.25, 0.3) is 5.91 Å². The van der Waals surface area contributed by atoms with Crippen LogP contribution in [-0.2, 0) is 6.54 Å². The SMILES string of the molecule is Cc1nc(C(=O)Nc2cnn(C[C@H]3COc4ccccc4O3)c2)cs1. The molecule has 0 saturated heterocycles. The molecular formula is C17H16N4O3S. The number of nitrogens with one attached hydrogen (secondary N) is 1. The van der Waals surface area contributed by atoms with Gasteiger partial charge < -0.3 is 14.8 Å². The molecule has 0 unspecified atom stereocenters. The van der Waals surface area contributed by atoms with Gasteiger partial charge in [-0.3, -0.25) is 9.48 Å². The van der Waals surface area contributed by atoms with E-state index in [1.54, 1.807) is 22.5 Å². The minimum absolute atomic E-state index is 0.139. The molecule has 7 nitrogen and oxygen atoms in total. The highest BCUT2D eigenvalue weighted by molar-refractivity contribution is 7.09. The van der Waals surface area contributed by atoms with Crippen molar-refractivity contribution in [1.82, 2.24) is 14.8 Å². The summed E-state index contributed by atoms with van der Waals surface area (Å²) >= 11 is 1.44. The lowest BCUT2D eigenvalue weighted by Crippen LogP contribution is -2.33. The van der Waals surface area contributed by atoms with Gasteiger partial charge in [0.1, 0.15) is 12.3 Å². The Balaban J connectivity index is 1.38. The van der Waals surface area contributed by atoms with E-state index < -0.39 is 0 Å². The highest BCUT2D eigenvalue weighted by atomic mass is 32.1. The molecule has 128 valence electrons. The second kappa shape index (κ2) is 6.56. The lowest BCUT2D eigenvalue weighted by atomic mass is 10.2. The summed E-state index contributed by atoms with van der Waals surface area (Å²) in [6, 6.07) is 7.58. The maximum atomic E-state index is 12.1. The highest BCUT2D eigenvalue weighted by Gasteiger charge is 2.21. The zero-order valence-electron chi connectivity index (χ0n) is 13.5. The summed E-state index contributed by atoms with van der Waals surface area (Å²) in [7, 11) is 0. The molecule has 0 radical (unpaired) electrons. The predicted molar refractivity (Wildman–Crippen MR) is 93.4 cm³/mol. The average molecular weight is 356 g/mol. The number of amides is 1. The van der Waals surface area contributed by atoms with E-state index in [-0.39, 0.29) is 12.0 Å². The number of carbonyl (C=O) groups excluding carboxylic acids is 1. The minimum Gasteiger partial charge on any atom is -0.486 e. The van der Waals surface area contributed by atoms with Crippen LogP contribution >= 0.6 is 11.3 Å². The normalized spacial score (nSPS) is 15.8. The summed E-state index contributed by atoms with van der Waals surface area (Å²) in [5.41, 5.74) is 1.03. The summed E-state index contributed by atoms with van der Waals surface area (Å²) in [5, 5.41) is 9.65. The minimum atomic E-state index is -0.241. The predicted octanol–water partition coefficient (Wildman–Crippen LogP) is 2.74. The van der Waals surface area contributed by atoms with E-state index in [9.17, 15) is 4.79 Å². The van der Waals surface area contributed by atoms with Crippen LogP contribution in [0.4, 0.5) is 5.69 Å². The standard InChI is InChI=1S/C17H16N4O3S/c1-11-19-14(10-25-11)17(22)20-12-6-18-21(7-12)8-13-9-23-15-4-2-3-5-16(15)24-13/h2-7,10,13H,8-9H2,1H3,(H,20,22)/t13-/m0/s1. The van der Waals surface area contributed by atoms with E-state index in [0.717, 1.165) is 16.5 Å². The van der Waals surface area contributed by atoms with Crippen molar-refractivity contribution in [3.8, 4) is 11.5 Å². The number of hydrogen-bond donors (Lipinski definition) is 1. The van der Waals surface area contributed by atoms with E-state index >= 15 is 0 Å². The van der Waals surface area contributed by atoms with Crippen LogP contribution in [-0.4, -0.2) is 33.4 Å². The van der Waals surface area contributed by atoms with Gasteiger partial charge in [-0.25, -0.2) is 4.98 Å². The van der Waals surface area contributed by atoms with E-state index in [2.05, 4.69) is 15.4 Å². The zero-order chi connectivity index (χ0) is 17.2. The number of ether oxygens (including phenoxy) is 2. The van der Waals surface area contributed by atoms with Crippen LogP contribution in [0.15, 0.2) is 42.0 Å². The lowest BCUT2D eigenvalue weighted by molar-refractivity contribution is 0.0759. The Morgan fingerprint density at radius 2 is 2.24 bits per heavy atom. The number of hydrogen-bond acceptors (Lipinski definition) is 6. The van der Waals surface area contributed by atoms with Gasteiger partial charge in [0, 0.05) is 11.6 Å². The van der Waals surface area contributed by atoms with Crippen LogP contribution in [0, 0.1) is 6.92 Å². The zero-order valence-corrected chi connectivity index (χ0v) is 14.3. The quantitative estimate of drug-likeness (QED) is 0.778. The molecule has 1 aromatic carbocycles. The van der Waals surface area contributed by atoms with Gasteiger partial charge in [-0.15, -0.1) is 11.3 Å². The van der Waals surface area contributed by atoms with E-state index in [1.165, 1.54) is 11.3 Å². The van der Waals surface area contributed by atoms with Crippen LogP contribution in [0.5, 0.6) is 11.5 Å². The maximum Gasteiger partial charge on any atom is 0.275 e. The Morgan fingerprint density at radius 3 is 3.04 bits per heavy atom. The van der Waals surface area contributed by atoms with Gasteiger partial charge in [-0.05, 0) is 19.1 Å². The molecule has 0 bridgehead atoms. The fraction of sp³-hybridized carbons (Fsp3) is 0.235. The molecule has 3 aromatic rings. The molecule has 1 amide bonds. The Hall–Kier alpha value is -2.87. The largest absolute Gasteiger partial charge is 0.486 e. The van der Waals surface area contributed by atoms with E-state index in [4.69, 9.17) is 9.47 Å². The van der Waals surface area contributed by atoms with Gasteiger partial charge in [-0.1, -0.05) is 12.1 Å². The van der Waals surface area contributed by atoms with Gasteiger partial charge in [-0.2, -0.15) is 5.10 Å². The summed E-state index contributed by atoms with van der Waals surface area (Å²) in [6.45, 7) is 2.85. The summed E-state index contributed by atoms with van der Waals surface area (Å²) < 4.78 is 13.3. The monoisotopic (exact) mass is 356 g/mol. The third kappa shape index (κ3) is 3.48. The van der Waals surface area contributed by atoms with Crippen LogP contribution in [0.3, 0.4) is 0 Å². The number of fused-ring (bicyclic) bond motifs is 1. The fourth-order valence-corrected chi connectivity index (χ4v) is 3.15. The number of aromatic nitrogens is 3. The number of nitrogens with zero attached hydrogens (tertiary/aromatic N) is 3. The van der Waals surface area contributed by atoms with Crippen molar-refractivity contribution < 1.29 is 14.3 Å². The van der Waals surface area contributed by atoms with Crippen LogP contribution in [0.25, 0.3) is 0 Å². The molecule has 25 heavy (non-hydrogen) atoms. The van der Waals surface area contributed by atoms with Crippen molar-refractivity contribution in [2.45, 2.75) is 19.6 Å². The van der Waals surface area contributed by atoms with Crippen LogP contribution in [0.1, 0.15) is 15.5 Å². The molecule has 0 spiro atoms. The fourth-order valence-electron chi connectivity index (χ4n) is 2.55. The number of anilines is 1. The van der Waals surface area contributed by atoms with Gasteiger partial charge in [0.05, 0.1) is 23.4 Å². The molecule has 8 heteroatoms. The lowest BCUT2D eigenvalue weighted by Gasteiger charge is -2.26. The molecular weight excluding hydrogens is 340 g/mol. The molecule has 0 aliphatic carbocycles. The molecule has 1 N–H and O–H groups in total. The molecule has 1 aliphatic heterocycles. The molecule has 0 saturated carbocycles. The first kappa shape index (κ1) is 15.6. The second-order valence-corrected chi connectivity index (χ2v) is 6.72. The van der Waals surface area contributed by atoms with Crippen molar-refractivity contribution in [1.29, 1.82) is 0 Å². The summed E-state index contributed by atoms with van der Waals surface area (Å²) in [6.07, 6.45) is 3.23. The number of rotatable bonds is 4. The van der Waals surface area contributed by atoms with Crippen LogP contribution < -0.4 is 14.8 Å². The van der Waals surface area contributed by atoms with E-state index in [0.29, 0.717) is 24.5 Å².